The number of rotatable bonds is 4. The monoisotopic (exact) mass is 350 g/mol. The van der Waals surface area contributed by atoms with Gasteiger partial charge in [0.05, 0.1) is 4.92 Å². The Hall–Kier alpha value is -2.38. The Morgan fingerprint density at radius 2 is 1.88 bits per heavy atom. The average molecular weight is 350 g/mol. The molecule has 8 nitrogen and oxygen atoms in total. The molecule has 1 aliphatic carbocycles. The first-order valence-electron chi connectivity index (χ1n) is 8.51. The maximum absolute atomic E-state index is 11.8. The van der Waals surface area contributed by atoms with E-state index in [1.54, 1.807) is 13.0 Å². The number of ether oxygens (including phenoxy) is 1. The minimum atomic E-state index is -0.498. The van der Waals surface area contributed by atoms with Crippen LogP contribution in [-0.2, 0) is 4.74 Å². The van der Waals surface area contributed by atoms with Crippen LogP contribution in [0.2, 0.25) is 0 Å². The Labute approximate surface area is 147 Å². The molecule has 2 N–H and O–H groups in total. The van der Waals surface area contributed by atoms with Crippen LogP contribution in [0.3, 0.4) is 0 Å². The fourth-order valence-corrected chi connectivity index (χ4v) is 2.88. The fraction of sp³-hybridized carbons (Fsp3) is 0.647. The molecule has 138 valence electrons. The first-order valence-corrected chi connectivity index (χ1v) is 8.51. The molecule has 0 spiro atoms. The first kappa shape index (κ1) is 19.0. The SMILES string of the molecule is Cc1cc(NC2CCC(NC(=O)OC(C)(C)C)CC2)ncc1[N+](=O)[O-]. The standard InChI is InChI=1S/C17H26N4O4/c1-11-9-15(18-10-14(11)21(23)24)19-12-5-7-13(8-6-12)20-16(22)25-17(2,3)4/h9-10,12-13H,5-8H2,1-4H3,(H,18,19)(H,20,22). The van der Waals surface area contributed by atoms with Crippen molar-refractivity contribution in [1.29, 1.82) is 0 Å². The number of aryl methyl sites for hydroxylation is 1. The minimum absolute atomic E-state index is 0.0239. The highest BCUT2D eigenvalue weighted by molar-refractivity contribution is 5.68. The van der Waals surface area contributed by atoms with Crippen LogP contribution < -0.4 is 10.6 Å². The van der Waals surface area contributed by atoms with E-state index >= 15 is 0 Å². The molecule has 0 radical (unpaired) electrons. The van der Waals surface area contributed by atoms with E-state index in [1.807, 2.05) is 20.8 Å². The second-order valence-electron chi connectivity index (χ2n) is 7.45. The van der Waals surface area contributed by atoms with E-state index in [0.717, 1.165) is 25.7 Å². The molecule has 0 saturated heterocycles. The van der Waals surface area contributed by atoms with Gasteiger partial charge in [-0.3, -0.25) is 10.1 Å². The summed E-state index contributed by atoms with van der Waals surface area (Å²) in [6.07, 6.45) is 4.38. The van der Waals surface area contributed by atoms with Gasteiger partial charge in [0.1, 0.15) is 17.6 Å². The number of aromatic nitrogens is 1. The highest BCUT2D eigenvalue weighted by Crippen LogP contribution is 2.24. The van der Waals surface area contributed by atoms with Gasteiger partial charge in [-0.2, -0.15) is 0 Å². The van der Waals surface area contributed by atoms with Crippen LogP contribution in [0.5, 0.6) is 0 Å². The molecule has 8 heteroatoms. The summed E-state index contributed by atoms with van der Waals surface area (Å²) >= 11 is 0. The summed E-state index contributed by atoms with van der Waals surface area (Å²) in [6, 6.07) is 2.05. The molecule has 0 aromatic carbocycles. The third-order valence-corrected chi connectivity index (χ3v) is 4.08. The lowest BCUT2D eigenvalue weighted by Gasteiger charge is -2.30. The Morgan fingerprint density at radius 1 is 1.28 bits per heavy atom. The number of anilines is 1. The zero-order chi connectivity index (χ0) is 18.6. The van der Waals surface area contributed by atoms with E-state index in [0.29, 0.717) is 11.4 Å². The quantitative estimate of drug-likeness (QED) is 0.635. The zero-order valence-corrected chi connectivity index (χ0v) is 15.2. The number of carbonyl (C=O) groups is 1. The van der Waals surface area contributed by atoms with Crippen LogP contribution in [0.4, 0.5) is 16.3 Å². The maximum atomic E-state index is 11.8. The summed E-state index contributed by atoms with van der Waals surface area (Å²) in [6.45, 7) is 7.22. The highest BCUT2D eigenvalue weighted by Gasteiger charge is 2.25. The summed E-state index contributed by atoms with van der Waals surface area (Å²) in [5.74, 6) is 0.645. The predicted molar refractivity (Wildman–Crippen MR) is 94.7 cm³/mol. The van der Waals surface area contributed by atoms with Crippen LogP contribution in [0.25, 0.3) is 0 Å². The molecular formula is C17H26N4O4. The molecule has 1 aliphatic rings. The third-order valence-electron chi connectivity index (χ3n) is 4.08. The van der Waals surface area contributed by atoms with Crippen molar-refractivity contribution in [2.45, 2.75) is 71.1 Å². The Morgan fingerprint density at radius 3 is 2.40 bits per heavy atom. The number of nitrogens with one attached hydrogen (secondary N) is 2. The molecule has 1 saturated carbocycles. The molecule has 2 rings (SSSR count). The molecule has 1 aromatic heterocycles. The van der Waals surface area contributed by atoms with Crippen molar-refractivity contribution >= 4 is 17.6 Å². The summed E-state index contributed by atoms with van der Waals surface area (Å²) in [7, 11) is 0. The number of hydrogen-bond acceptors (Lipinski definition) is 6. The predicted octanol–water partition coefficient (Wildman–Crippen LogP) is 3.55. The summed E-state index contributed by atoms with van der Waals surface area (Å²) in [4.78, 5) is 26.3. The number of amides is 1. The van der Waals surface area contributed by atoms with E-state index < -0.39 is 10.5 Å². The van der Waals surface area contributed by atoms with Gasteiger partial charge in [-0.1, -0.05) is 0 Å². The van der Waals surface area contributed by atoms with Gasteiger partial charge in [-0.15, -0.1) is 0 Å². The molecule has 0 unspecified atom stereocenters. The van der Waals surface area contributed by atoms with Gasteiger partial charge < -0.3 is 15.4 Å². The van der Waals surface area contributed by atoms with Crippen molar-refractivity contribution in [3.05, 3.63) is 27.9 Å². The van der Waals surface area contributed by atoms with Crippen molar-refractivity contribution in [2.75, 3.05) is 5.32 Å². The summed E-state index contributed by atoms with van der Waals surface area (Å²) in [5.41, 5.74) is 0.112. The maximum Gasteiger partial charge on any atom is 0.407 e. The van der Waals surface area contributed by atoms with E-state index in [2.05, 4.69) is 15.6 Å². The number of nitro groups is 1. The van der Waals surface area contributed by atoms with E-state index in [4.69, 9.17) is 4.74 Å². The summed E-state index contributed by atoms with van der Waals surface area (Å²) in [5, 5.41) is 17.1. The second-order valence-corrected chi connectivity index (χ2v) is 7.45. The lowest BCUT2D eigenvalue weighted by atomic mass is 9.91. The van der Waals surface area contributed by atoms with Gasteiger partial charge in [-0.05, 0) is 59.4 Å². The Balaban J connectivity index is 1.81. The molecular weight excluding hydrogens is 324 g/mol. The van der Waals surface area contributed by atoms with Crippen LogP contribution in [0, 0.1) is 17.0 Å². The van der Waals surface area contributed by atoms with Crippen LogP contribution in [-0.4, -0.2) is 33.7 Å². The van der Waals surface area contributed by atoms with Crippen LogP contribution in [0.15, 0.2) is 12.3 Å². The lowest BCUT2D eigenvalue weighted by Crippen LogP contribution is -2.42. The van der Waals surface area contributed by atoms with E-state index in [1.165, 1.54) is 6.20 Å². The first-order chi connectivity index (χ1) is 11.6. The van der Waals surface area contributed by atoms with E-state index in [-0.39, 0.29) is 23.9 Å². The molecule has 0 bridgehead atoms. The van der Waals surface area contributed by atoms with Crippen LogP contribution in [0.1, 0.15) is 52.0 Å². The molecule has 0 atom stereocenters. The largest absolute Gasteiger partial charge is 0.444 e. The Bertz CT molecular complexity index is 634. The van der Waals surface area contributed by atoms with Crippen molar-refractivity contribution < 1.29 is 14.5 Å². The number of pyridine rings is 1. The lowest BCUT2D eigenvalue weighted by molar-refractivity contribution is -0.385. The number of alkyl carbamates (subject to hydrolysis) is 1. The fourth-order valence-electron chi connectivity index (χ4n) is 2.88. The van der Waals surface area contributed by atoms with E-state index in [9.17, 15) is 14.9 Å². The average Bonchev–Trinajstić information content (AvgIpc) is 2.47. The third kappa shape index (κ3) is 5.88. The number of carbonyl (C=O) groups excluding carboxylic acids is 1. The molecule has 0 aliphatic heterocycles. The van der Waals surface area contributed by atoms with Gasteiger partial charge in [0, 0.05) is 17.6 Å². The molecule has 25 heavy (non-hydrogen) atoms. The van der Waals surface area contributed by atoms with Crippen molar-refractivity contribution in [2.24, 2.45) is 0 Å². The van der Waals surface area contributed by atoms with Gasteiger partial charge in [0.2, 0.25) is 0 Å². The second kappa shape index (κ2) is 7.67. The van der Waals surface area contributed by atoms with Crippen LogP contribution >= 0.6 is 0 Å². The van der Waals surface area contributed by atoms with Crippen molar-refractivity contribution in [3.8, 4) is 0 Å². The topological polar surface area (TPSA) is 106 Å². The zero-order valence-electron chi connectivity index (χ0n) is 15.2. The molecule has 1 aromatic rings. The van der Waals surface area contributed by atoms with Gasteiger partial charge in [0.15, 0.2) is 0 Å². The summed E-state index contributed by atoms with van der Waals surface area (Å²) < 4.78 is 5.28. The van der Waals surface area contributed by atoms with Gasteiger partial charge in [0.25, 0.3) is 5.69 Å². The number of hydrogen-bond donors (Lipinski definition) is 2. The smallest absolute Gasteiger partial charge is 0.407 e. The van der Waals surface area contributed by atoms with Gasteiger partial charge in [-0.25, -0.2) is 9.78 Å². The number of nitrogens with zero attached hydrogens (tertiary/aromatic N) is 2. The normalized spacial score (nSPS) is 20.6. The molecule has 1 fully saturated rings. The highest BCUT2D eigenvalue weighted by atomic mass is 16.6. The minimum Gasteiger partial charge on any atom is -0.444 e. The Kier molecular flexibility index (Phi) is 5.81. The van der Waals surface area contributed by atoms with Crippen molar-refractivity contribution in [3.63, 3.8) is 0 Å². The molecule has 1 heterocycles. The van der Waals surface area contributed by atoms with Gasteiger partial charge >= 0.3 is 6.09 Å². The molecule has 1 amide bonds. The van der Waals surface area contributed by atoms with Crippen molar-refractivity contribution in [1.82, 2.24) is 10.3 Å².